The van der Waals surface area contributed by atoms with Crippen molar-refractivity contribution in [1.29, 1.82) is 0 Å². The molecule has 0 bridgehead atoms. The number of rotatable bonds is 8. The number of thiol groups is 1. The highest BCUT2D eigenvalue weighted by molar-refractivity contribution is 7.96. The fourth-order valence-corrected chi connectivity index (χ4v) is 4.57. The minimum Gasteiger partial charge on any atom is -0.489 e. The molecule has 0 saturated heterocycles. The van der Waals surface area contributed by atoms with E-state index in [1.807, 2.05) is 30.3 Å². The third kappa shape index (κ3) is 6.72. The van der Waals surface area contributed by atoms with Crippen LogP contribution in [0.4, 0.5) is 32.0 Å². The van der Waals surface area contributed by atoms with Crippen molar-refractivity contribution in [1.82, 2.24) is 0 Å². The zero-order valence-corrected chi connectivity index (χ0v) is 21.8. The monoisotopic (exact) mass is 583 g/mol. The fourth-order valence-electron chi connectivity index (χ4n) is 4.39. The summed E-state index contributed by atoms with van der Waals surface area (Å²) in [6.45, 7) is 0.999. The van der Waals surface area contributed by atoms with Gasteiger partial charge in [0, 0.05) is 11.6 Å². The largest absolute Gasteiger partial charge is 0.489 e. The highest BCUT2D eigenvalue weighted by Gasteiger charge is 2.40. The summed E-state index contributed by atoms with van der Waals surface area (Å²) in [6, 6.07) is 14.4. The van der Waals surface area contributed by atoms with E-state index in [9.17, 15) is 35.9 Å². The average Bonchev–Trinajstić information content (AvgIpc) is 3.28. The van der Waals surface area contributed by atoms with Gasteiger partial charge in [0.2, 0.25) is 0 Å². The van der Waals surface area contributed by atoms with Gasteiger partial charge in [-0.3, -0.25) is 9.59 Å². The van der Waals surface area contributed by atoms with Crippen LogP contribution in [-0.2, 0) is 35.0 Å². The summed E-state index contributed by atoms with van der Waals surface area (Å²) >= 11 is 3.89. The second-order valence-electron chi connectivity index (χ2n) is 9.26. The summed E-state index contributed by atoms with van der Waals surface area (Å²) in [6.07, 6.45) is -9.88. The lowest BCUT2D eigenvalue weighted by atomic mass is 9.99. The summed E-state index contributed by atoms with van der Waals surface area (Å²) in [5.41, 5.74) is -1.10. The number of nitrogens with zero attached hydrogens (tertiary/aromatic N) is 1. The van der Waals surface area contributed by atoms with Gasteiger partial charge >= 0.3 is 12.4 Å². The van der Waals surface area contributed by atoms with Crippen LogP contribution in [0.5, 0.6) is 11.5 Å². The van der Waals surface area contributed by atoms with Gasteiger partial charge in [0.25, 0.3) is 5.91 Å². The van der Waals surface area contributed by atoms with Crippen LogP contribution in [-0.4, -0.2) is 23.7 Å². The molecule has 1 amide bonds. The molecule has 0 N–H and O–H groups in total. The van der Waals surface area contributed by atoms with E-state index in [0.29, 0.717) is 35.7 Å². The number of hydrogen-bond donors (Lipinski definition) is 1. The van der Waals surface area contributed by atoms with Crippen molar-refractivity contribution >= 4 is 29.3 Å². The Morgan fingerprint density at radius 3 is 2.10 bits per heavy atom. The van der Waals surface area contributed by atoms with Gasteiger partial charge in [-0.15, -0.1) is 12.6 Å². The van der Waals surface area contributed by atoms with Crippen LogP contribution in [0.2, 0.25) is 0 Å². The smallest absolute Gasteiger partial charge is 0.416 e. The lowest BCUT2D eigenvalue weighted by molar-refractivity contribution is -0.143. The van der Waals surface area contributed by atoms with Gasteiger partial charge < -0.3 is 14.4 Å². The Bertz CT molecular complexity index is 1360. The molecular weight excluding hydrogens is 560 g/mol. The number of benzene rings is 3. The van der Waals surface area contributed by atoms with Crippen LogP contribution in [0.3, 0.4) is 0 Å². The highest BCUT2D eigenvalue weighted by Crippen LogP contribution is 2.40. The Morgan fingerprint density at radius 2 is 1.52 bits per heavy atom. The molecular formula is C28H23F6NO4S. The van der Waals surface area contributed by atoms with Crippen molar-refractivity contribution in [2.24, 2.45) is 5.92 Å². The molecule has 5 nitrogen and oxygen atoms in total. The van der Waals surface area contributed by atoms with Gasteiger partial charge in [-0.2, -0.15) is 26.3 Å². The lowest BCUT2D eigenvalue weighted by Crippen LogP contribution is -2.45. The van der Waals surface area contributed by atoms with Crippen molar-refractivity contribution in [3.05, 3.63) is 89.0 Å². The van der Waals surface area contributed by atoms with Crippen LogP contribution in [0.25, 0.3) is 0 Å². The Hall–Kier alpha value is -3.67. The number of carbonyl (C=O) groups is 2. The predicted octanol–water partition coefficient (Wildman–Crippen LogP) is 6.73. The molecule has 0 aromatic heterocycles. The van der Waals surface area contributed by atoms with Crippen molar-refractivity contribution in [3.63, 3.8) is 0 Å². The summed E-state index contributed by atoms with van der Waals surface area (Å²) in [7, 11) is 0. The number of alkyl halides is 6. The molecule has 0 saturated carbocycles. The van der Waals surface area contributed by atoms with Gasteiger partial charge in [0.15, 0.2) is 11.7 Å². The standard InChI is InChI=1S/C28H23F6NO4S/c1-16(26(37)40)24-10-18-9-21(38-14-17-5-3-2-4-6-17)7-8-23(18)35(24)25(36)15-39-22-12-19(27(29,30)31)11-20(13-22)28(32,33)34/h2-9,11-13,16,24H,10,14-15H2,1H3,(H,37,40). The van der Waals surface area contributed by atoms with E-state index in [-0.39, 0.29) is 12.5 Å². The van der Waals surface area contributed by atoms with Gasteiger partial charge in [-0.05, 0) is 53.9 Å². The zero-order chi connectivity index (χ0) is 29.2. The number of ether oxygens (including phenoxy) is 2. The zero-order valence-electron chi connectivity index (χ0n) is 20.9. The maximum Gasteiger partial charge on any atom is 0.416 e. The Labute approximate surface area is 231 Å². The van der Waals surface area contributed by atoms with Gasteiger partial charge in [-0.1, -0.05) is 37.3 Å². The van der Waals surface area contributed by atoms with E-state index in [4.69, 9.17) is 9.47 Å². The maximum atomic E-state index is 13.3. The molecule has 4 rings (SSSR count). The van der Waals surface area contributed by atoms with Crippen LogP contribution in [0.1, 0.15) is 29.2 Å². The van der Waals surface area contributed by atoms with Crippen LogP contribution in [0.15, 0.2) is 66.7 Å². The number of halogens is 6. The molecule has 2 unspecified atom stereocenters. The van der Waals surface area contributed by atoms with Gasteiger partial charge in [0.1, 0.15) is 18.1 Å². The summed E-state index contributed by atoms with van der Waals surface area (Å²) < 4.78 is 90.2. The van der Waals surface area contributed by atoms with E-state index < -0.39 is 58.8 Å². The van der Waals surface area contributed by atoms with Crippen LogP contribution >= 0.6 is 12.6 Å². The summed E-state index contributed by atoms with van der Waals surface area (Å²) in [5.74, 6) is -1.75. The van der Waals surface area contributed by atoms with Crippen molar-refractivity contribution in [2.45, 2.75) is 38.3 Å². The van der Waals surface area contributed by atoms with E-state index in [1.54, 1.807) is 25.1 Å². The number of carbonyl (C=O) groups excluding carboxylic acids is 2. The first-order valence-corrected chi connectivity index (χ1v) is 12.5. The molecule has 3 aromatic carbocycles. The molecule has 1 heterocycles. The minimum atomic E-state index is -5.06. The molecule has 0 radical (unpaired) electrons. The molecule has 1 aliphatic rings. The van der Waals surface area contributed by atoms with E-state index >= 15 is 0 Å². The molecule has 12 heteroatoms. The molecule has 0 fully saturated rings. The molecule has 2 atom stereocenters. The first kappa shape index (κ1) is 29.3. The molecule has 212 valence electrons. The van der Waals surface area contributed by atoms with Crippen molar-refractivity contribution in [3.8, 4) is 11.5 Å². The fraction of sp³-hybridized carbons (Fsp3) is 0.286. The van der Waals surface area contributed by atoms with Gasteiger partial charge in [0.05, 0.1) is 17.2 Å². The van der Waals surface area contributed by atoms with Gasteiger partial charge in [-0.25, -0.2) is 0 Å². The molecule has 1 aliphatic heterocycles. The van der Waals surface area contributed by atoms with Crippen molar-refractivity contribution < 1.29 is 45.4 Å². The first-order valence-electron chi connectivity index (χ1n) is 12.0. The Kier molecular flexibility index (Phi) is 8.38. The second kappa shape index (κ2) is 11.4. The number of anilines is 1. The Balaban J connectivity index is 1.57. The van der Waals surface area contributed by atoms with E-state index in [1.165, 1.54) is 4.90 Å². The Morgan fingerprint density at radius 1 is 0.900 bits per heavy atom. The normalized spacial score (nSPS) is 15.9. The highest BCUT2D eigenvalue weighted by atomic mass is 32.1. The third-order valence-corrected chi connectivity index (χ3v) is 6.89. The van der Waals surface area contributed by atoms with Crippen molar-refractivity contribution in [2.75, 3.05) is 11.5 Å². The molecule has 0 aliphatic carbocycles. The maximum absolute atomic E-state index is 13.3. The molecule has 0 spiro atoms. The topological polar surface area (TPSA) is 55.8 Å². The number of fused-ring (bicyclic) bond motifs is 1. The third-order valence-electron chi connectivity index (χ3n) is 6.48. The summed E-state index contributed by atoms with van der Waals surface area (Å²) in [4.78, 5) is 26.6. The average molecular weight is 584 g/mol. The number of hydrogen-bond acceptors (Lipinski definition) is 4. The van der Waals surface area contributed by atoms with E-state index in [0.717, 1.165) is 5.56 Å². The van der Waals surface area contributed by atoms with Crippen LogP contribution in [0, 0.1) is 5.92 Å². The minimum absolute atomic E-state index is 0.0289. The number of amides is 1. The van der Waals surface area contributed by atoms with Crippen LogP contribution < -0.4 is 14.4 Å². The lowest BCUT2D eigenvalue weighted by Gasteiger charge is -2.28. The first-order chi connectivity index (χ1) is 18.7. The second-order valence-corrected chi connectivity index (χ2v) is 9.70. The summed E-state index contributed by atoms with van der Waals surface area (Å²) in [5, 5.41) is -0.496. The van der Waals surface area contributed by atoms with E-state index in [2.05, 4.69) is 12.6 Å². The molecule has 40 heavy (non-hydrogen) atoms. The molecule has 3 aromatic rings. The quantitative estimate of drug-likeness (QED) is 0.236. The SMILES string of the molecule is CC(C(=O)S)C1Cc2cc(OCc3ccccc3)ccc2N1C(=O)COc1cc(C(F)(F)F)cc(C(F)(F)F)c1. The predicted molar refractivity (Wildman–Crippen MR) is 137 cm³/mol.